The molecule has 1 N–H and O–H groups in total. The topological polar surface area (TPSA) is 29.1 Å². The lowest BCUT2D eigenvalue weighted by Crippen LogP contribution is -2.32. The second-order valence-corrected chi connectivity index (χ2v) is 7.27. The molecule has 2 aromatic rings. The van der Waals surface area contributed by atoms with Crippen LogP contribution in [-0.4, -0.2) is 11.7 Å². The fourth-order valence-corrected chi connectivity index (χ4v) is 4.26. The van der Waals surface area contributed by atoms with Crippen molar-refractivity contribution in [3.63, 3.8) is 0 Å². The van der Waals surface area contributed by atoms with Crippen LogP contribution in [0.25, 0.3) is 0 Å². The molecule has 2 nitrogen and oxygen atoms in total. The number of benzene rings is 2. The molecule has 0 fully saturated rings. The third kappa shape index (κ3) is 3.82. The van der Waals surface area contributed by atoms with E-state index < -0.39 is 0 Å². The van der Waals surface area contributed by atoms with Gasteiger partial charge in [-0.05, 0) is 47.9 Å². The van der Waals surface area contributed by atoms with E-state index in [1.807, 2.05) is 0 Å². The van der Waals surface area contributed by atoms with Crippen molar-refractivity contribution >= 4 is 40.9 Å². The van der Waals surface area contributed by atoms with E-state index in [0.717, 1.165) is 22.6 Å². The molecule has 0 radical (unpaired) electrons. The molecule has 1 atom stereocenters. The van der Waals surface area contributed by atoms with Crippen molar-refractivity contribution < 1.29 is 9.18 Å². The number of nitrogens with one attached hydrogen (secondary N) is 1. The van der Waals surface area contributed by atoms with Gasteiger partial charge in [-0.2, -0.15) is 0 Å². The maximum absolute atomic E-state index is 13.5. The number of hydrogen-bond donors (Lipinski definition) is 1. The van der Waals surface area contributed by atoms with Crippen molar-refractivity contribution in [1.82, 2.24) is 5.32 Å². The lowest BCUT2D eigenvalue weighted by Gasteiger charge is -2.26. The third-order valence-electron chi connectivity index (χ3n) is 3.75. The zero-order valence-electron chi connectivity index (χ0n) is 12.1. The normalized spacial score (nSPS) is 16.7. The molecule has 1 heterocycles. The summed E-state index contributed by atoms with van der Waals surface area (Å²) in [5, 5.41) is 3.91. The van der Waals surface area contributed by atoms with Gasteiger partial charge in [-0.15, -0.1) is 11.8 Å². The van der Waals surface area contributed by atoms with Crippen LogP contribution in [-0.2, 0) is 11.2 Å². The lowest BCUT2D eigenvalue weighted by atomic mass is 10.0. The van der Waals surface area contributed by atoms with Crippen molar-refractivity contribution in [3.05, 3.63) is 63.4 Å². The second-order valence-electron chi connectivity index (χ2n) is 5.32. The van der Waals surface area contributed by atoms with Crippen LogP contribution in [0.5, 0.6) is 0 Å². The predicted molar refractivity (Wildman–Crippen MR) is 92.8 cm³/mol. The fraction of sp³-hybridized carbons (Fsp3) is 0.235. The van der Waals surface area contributed by atoms with Gasteiger partial charge in [0.15, 0.2) is 0 Å². The highest BCUT2D eigenvalue weighted by atomic mass is 35.5. The molecule has 6 heteroatoms. The molecule has 0 aliphatic carbocycles. The van der Waals surface area contributed by atoms with E-state index in [-0.39, 0.29) is 24.2 Å². The van der Waals surface area contributed by atoms with Gasteiger partial charge in [-0.3, -0.25) is 4.79 Å². The van der Waals surface area contributed by atoms with E-state index in [0.29, 0.717) is 15.6 Å². The van der Waals surface area contributed by atoms with Gasteiger partial charge in [0.1, 0.15) is 5.82 Å². The van der Waals surface area contributed by atoms with Gasteiger partial charge in [0, 0.05) is 20.7 Å². The van der Waals surface area contributed by atoms with Gasteiger partial charge in [0.2, 0.25) is 5.91 Å². The quantitative estimate of drug-likeness (QED) is 0.821. The number of halogens is 3. The van der Waals surface area contributed by atoms with Crippen LogP contribution < -0.4 is 5.32 Å². The number of thioether (sulfide) groups is 1. The molecule has 2 aromatic carbocycles. The Hall–Kier alpha value is -1.23. The first kappa shape index (κ1) is 16.6. The first-order valence-corrected chi connectivity index (χ1v) is 8.93. The van der Waals surface area contributed by atoms with E-state index in [1.54, 1.807) is 36.0 Å². The molecule has 3 rings (SSSR count). The van der Waals surface area contributed by atoms with Crippen LogP contribution in [0.2, 0.25) is 10.0 Å². The van der Waals surface area contributed by atoms with Gasteiger partial charge in [0.05, 0.1) is 12.5 Å². The van der Waals surface area contributed by atoms with Crippen molar-refractivity contribution in [3.8, 4) is 0 Å². The van der Waals surface area contributed by atoms with Crippen LogP contribution in [0.3, 0.4) is 0 Å². The highest BCUT2D eigenvalue weighted by molar-refractivity contribution is 7.99. The average Bonchev–Trinajstić information content (AvgIpc) is 2.52. The Bertz CT molecular complexity index is 733. The molecule has 0 saturated heterocycles. The summed E-state index contributed by atoms with van der Waals surface area (Å²) in [6.45, 7) is 0. The maximum atomic E-state index is 13.5. The van der Waals surface area contributed by atoms with Crippen LogP contribution in [0.1, 0.15) is 23.6 Å². The number of rotatable bonds is 3. The fourth-order valence-electron chi connectivity index (χ4n) is 2.62. The Kier molecular flexibility index (Phi) is 5.14. The van der Waals surface area contributed by atoms with Gasteiger partial charge in [0.25, 0.3) is 0 Å². The Morgan fingerprint density at radius 3 is 2.74 bits per heavy atom. The molecule has 1 amide bonds. The molecule has 1 unspecified atom stereocenters. The van der Waals surface area contributed by atoms with E-state index >= 15 is 0 Å². The van der Waals surface area contributed by atoms with Crippen LogP contribution in [0, 0.1) is 5.82 Å². The molecule has 0 saturated carbocycles. The minimum absolute atomic E-state index is 0.104. The summed E-state index contributed by atoms with van der Waals surface area (Å²) in [4.78, 5) is 13.4. The number of amides is 1. The smallest absolute Gasteiger partial charge is 0.225 e. The van der Waals surface area contributed by atoms with Gasteiger partial charge >= 0.3 is 0 Å². The monoisotopic (exact) mass is 369 g/mol. The number of hydrogen-bond acceptors (Lipinski definition) is 2. The van der Waals surface area contributed by atoms with Crippen LogP contribution >= 0.6 is 35.0 Å². The molecule has 1 aliphatic rings. The Labute approximate surface area is 148 Å². The molecule has 0 aromatic heterocycles. The molecule has 0 spiro atoms. The highest BCUT2D eigenvalue weighted by Gasteiger charge is 2.23. The summed E-state index contributed by atoms with van der Waals surface area (Å²) in [5.74, 6) is 0.419. The van der Waals surface area contributed by atoms with Crippen molar-refractivity contribution in [2.24, 2.45) is 0 Å². The molecule has 1 aliphatic heterocycles. The first-order chi connectivity index (χ1) is 11.0. The molecular weight excluding hydrogens is 356 g/mol. The number of fused-ring (bicyclic) bond motifs is 1. The summed E-state index contributed by atoms with van der Waals surface area (Å²) < 4.78 is 13.5. The SMILES string of the molecule is O=C(Cc1c(Cl)cccc1Cl)NC1CCSc2ccc(F)cc21. The molecule has 23 heavy (non-hydrogen) atoms. The van der Waals surface area contributed by atoms with Crippen LogP contribution in [0.4, 0.5) is 4.39 Å². The van der Waals surface area contributed by atoms with Crippen molar-refractivity contribution in [2.75, 3.05) is 5.75 Å². The van der Waals surface area contributed by atoms with Gasteiger partial charge in [-0.25, -0.2) is 4.39 Å². The van der Waals surface area contributed by atoms with E-state index in [2.05, 4.69) is 5.32 Å². The average molecular weight is 370 g/mol. The number of carbonyl (C=O) groups excluding carboxylic acids is 1. The molecular formula is C17H14Cl2FNOS. The van der Waals surface area contributed by atoms with Crippen molar-refractivity contribution in [2.45, 2.75) is 23.8 Å². The molecule has 120 valence electrons. The number of carbonyl (C=O) groups is 1. The second kappa shape index (κ2) is 7.12. The highest BCUT2D eigenvalue weighted by Crippen LogP contribution is 2.36. The maximum Gasteiger partial charge on any atom is 0.225 e. The summed E-state index contributed by atoms with van der Waals surface area (Å²) in [6.07, 6.45) is 0.871. The zero-order valence-corrected chi connectivity index (χ0v) is 14.4. The summed E-state index contributed by atoms with van der Waals surface area (Å²) >= 11 is 13.9. The largest absolute Gasteiger partial charge is 0.349 e. The Balaban J connectivity index is 1.76. The summed E-state index contributed by atoms with van der Waals surface area (Å²) in [5.41, 5.74) is 1.44. The van der Waals surface area contributed by atoms with E-state index in [9.17, 15) is 9.18 Å². The van der Waals surface area contributed by atoms with Gasteiger partial charge in [-0.1, -0.05) is 29.3 Å². The third-order valence-corrected chi connectivity index (χ3v) is 5.58. The van der Waals surface area contributed by atoms with E-state index in [4.69, 9.17) is 23.2 Å². The molecule has 0 bridgehead atoms. The lowest BCUT2D eigenvalue weighted by molar-refractivity contribution is -0.121. The van der Waals surface area contributed by atoms with E-state index in [1.165, 1.54) is 12.1 Å². The van der Waals surface area contributed by atoms with Crippen LogP contribution in [0.15, 0.2) is 41.3 Å². The summed E-state index contributed by atoms with van der Waals surface area (Å²) in [6, 6.07) is 9.67. The standard InChI is InChI=1S/C17H14Cl2FNOS/c18-13-2-1-3-14(19)11(13)9-17(22)21-15-6-7-23-16-5-4-10(20)8-12(15)16/h1-5,8,15H,6-7,9H2,(H,21,22). The Morgan fingerprint density at radius 1 is 1.26 bits per heavy atom. The summed E-state index contributed by atoms with van der Waals surface area (Å²) in [7, 11) is 0. The van der Waals surface area contributed by atoms with Crippen molar-refractivity contribution in [1.29, 1.82) is 0 Å². The minimum atomic E-state index is -0.292. The zero-order chi connectivity index (χ0) is 16.4. The predicted octanol–water partition coefficient (Wildman–Crippen LogP) is 5.03. The van der Waals surface area contributed by atoms with Gasteiger partial charge < -0.3 is 5.32 Å². The first-order valence-electron chi connectivity index (χ1n) is 7.19. The minimum Gasteiger partial charge on any atom is -0.349 e. The Morgan fingerprint density at radius 2 is 2.00 bits per heavy atom.